The summed E-state index contributed by atoms with van der Waals surface area (Å²) in [6, 6.07) is 8.83. The minimum atomic E-state index is -0.663. The highest BCUT2D eigenvalue weighted by molar-refractivity contribution is 5.75. The summed E-state index contributed by atoms with van der Waals surface area (Å²) in [5.41, 5.74) is 2.29. The van der Waals surface area contributed by atoms with Crippen molar-refractivity contribution in [1.29, 1.82) is 0 Å². The first-order valence-corrected chi connectivity index (χ1v) is 7.41. The summed E-state index contributed by atoms with van der Waals surface area (Å²) in [4.78, 5) is 13.3. The Labute approximate surface area is 119 Å². The molecular weight excluding hydrogens is 252 g/mol. The van der Waals surface area contributed by atoms with Crippen molar-refractivity contribution < 1.29 is 9.90 Å². The molecule has 1 aromatic carbocycles. The lowest BCUT2D eigenvalue weighted by molar-refractivity contribution is -0.138. The minimum Gasteiger partial charge on any atom is -0.481 e. The number of likely N-dealkylation sites (tertiary alicyclic amines) is 1. The molecule has 1 aromatic rings. The Bertz CT molecular complexity index is 495. The summed E-state index contributed by atoms with van der Waals surface area (Å²) < 4.78 is 0. The highest BCUT2D eigenvalue weighted by Gasteiger charge is 2.44. The van der Waals surface area contributed by atoms with Gasteiger partial charge in [-0.1, -0.05) is 12.1 Å². The van der Waals surface area contributed by atoms with Gasteiger partial charge in [-0.05, 0) is 63.0 Å². The molecule has 0 aromatic heterocycles. The van der Waals surface area contributed by atoms with Gasteiger partial charge in [0.2, 0.25) is 0 Å². The lowest BCUT2D eigenvalue weighted by atomic mass is 10.0. The first-order valence-electron chi connectivity index (χ1n) is 7.41. The van der Waals surface area contributed by atoms with E-state index in [2.05, 4.69) is 29.4 Å². The maximum atomic E-state index is 11.0. The fraction of sp³-hybridized carbons (Fsp3) is 0.562. The zero-order chi connectivity index (χ0) is 14.1. The molecule has 1 aliphatic heterocycles. The average molecular weight is 274 g/mol. The zero-order valence-corrected chi connectivity index (χ0v) is 11.9. The predicted molar refractivity (Wildman–Crippen MR) is 79.1 cm³/mol. The van der Waals surface area contributed by atoms with Crippen LogP contribution in [0.2, 0.25) is 0 Å². The molecule has 108 valence electrons. The van der Waals surface area contributed by atoms with Gasteiger partial charge in [0.15, 0.2) is 0 Å². The van der Waals surface area contributed by atoms with Crippen molar-refractivity contribution in [3.8, 4) is 0 Å². The smallest absolute Gasteiger partial charge is 0.307 e. The number of carboxylic acid groups (broad SMARTS) is 1. The standard InChI is InChI=1S/C16H22N2O2/c1-18-7-5-12(6-8-18)17-13-4-2-3-11(9-13)14-10-15(14)16(19)20/h2-4,9,12,14-15,17H,5-8,10H2,1H3,(H,19,20). The van der Waals surface area contributed by atoms with Gasteiger partial charge in [0.25, 0.3) is 0 Å². The van der Waals surface area contributed by atoms with E-state index in [-0.39, 0.29) is 11.8 Å². The summed E-state index contributed by atoms with van der Waals surface area (Å²) >= 11 is 0. The van der Waals surface area contributed by atoms with E-state index in [4.69, 9.17) is 5.11 Å². The van der Waals surface area contributed by atoms with Crippen molar-refractivity contribution in [2.24, 2.45) is 5.92 Å². The molecule has 2 unspecified atom stereocenters. The van der Waals surface area contributed by atoms with Crippen LogP contribution < -0.4 is 5.32 Å². The van der Waals surface area contributed by atoms with Gasteiger partial charge in [-0.2, -0.15) is 0 Å². The van der Waals surface area contributed by atoms with Crippen LogP contribution in [0, 0.1) is 5.92 Å². The Kier molecular flexibility index (Phi) is 3.66. The van der Waals surface area contributed by atoms with Gasteiger partial charge in [0.1, 0.15) is 0 Å². The zero-order valence-electron chi connectivity index (χ0n) is 11.9. The highest BCUT2D eigenvalue weighted by Crippen LogP contribution is 2.47. The number of benzene rings is 1. The average Bonchev–Trinajstić information content (AvgIpc) is 3.22. The van der Waals surface area contributed by atoms with Crippen molar-refractivity contribution in [2.75, 3.05) is 25.5 Å². The summed E-state index contributed by atoms with van der Waals surface area (Å²) in [5, 5.41) is 12.6. The van der Waals surface area contributed by atoms with E-state index in [0.717, 1.165) is 30.8 Å². The van der Waals surface area contributed by atoms with Crippen molar-refractivity contribution in [3.63, 3.8) is 0 Å². The molecule has 1 saturated carbocycles. The second-order valence-corrected chi connectivity index (χ2v) is 6.13. The topological polar surface area (TPSA) is 52.6 Å². The number of anilines is 1. The Morgan fingerprint density at radius 2 is 2.10 bits per heavy atom. The number of nitrogens with zero attached hydrogens (tertiary/aromatic N) is 1. The minimum absolute atomic E-state index is 0.173. The summed E-state index contributed by atoms with van der Waals surface area (Å²) in [6.07, 6.45) is 3.12. The maximum Gasteiger partial charge on any atom is 0.307 e. The Morgan fingerprint density at radius 1 is 1.35 bits per heavy atom. The van der Waals surface area contributed by atoms with E-state index in [1.54, 1.807) is 0 Å². The summed E-state index contributed by atoms with van der Waals surface area (Å²) in [7, 11) is 2.16. The van der Waals surface area contributed by atoms with Gasteiger partial charge in [-0.25, -0.2) is 0 Å². The largest absolute Gasteiger partial charge is 0.481 e. The van der Waals surface area contributed by atoms with Crippen LogP contribution in [-0.2, 0) is 4.79 Å². The molecular formula is C16H22N2O2. The van der Waals surface area contributed by atoms with Crippen LogP contribution in [0.3, 0.4) is 0 Å². The Morgan fingerprint density at radius 3 is 2.75 bits per heavy atom. The molecule has 2 atom stereocenters. The molecule has 2 N–H and O–H groups in total. The third kappa shape index (κ3) is 2.96. The normalized spacial score (nSPS) is 27.2. The predicted octanol–water partition coefficient (Wildman–Crippen LogP) is 2.38. The Hall–Kier alpha value is -1.55. The number of carbonyl (C=O) groups is 1. The monoisotopic (exact) mass is 274 g/mol. The second-order valence-electron chi connectivity index (χ2n) is 6.13. The number of rotatable bonds is 4. The molecule has 1 saturated heterocycles. The number of hydrogen-bond acceptors (Lipinski definition) is 3. The van der Waals surface area contributed by atoms with Crippen molar-refractivity contribution in [3.05, 3.63) is 29.8 Å². The lowest BCUT2D eigenvalue weighted by Gasteiger charge is -2.30. The van der Waals surface area contributed by atoms with Crippen LogP contribution in [0.5, 0.6) is 0 Å². The number of nitrogens with one attached hydrogen (secondary N) is 1. The molecule has 4 nitrogen and oxygen atoms in total. The molecule has 0 spiro atoms. The van der Waals surface area contributed by atoms with E-state index in [1.807, 2.05) is 12.1 Å². The molecule has 3 rings (SSSR count). The van der Waals surface area contributed by atoms with Crippen LogP contribution in [0.4, 0.5) is 5.69 Å². The number of aliphatic carboxylic acids is 1. The van der Waals surface area contributed by atoms with Crippen LogP contribution in [-0.4, -0.2) is 42.2 Å². The molecule has 2 aliphatic rings. The van der Waals surface area contributed by atoms with Crippen molar-refractivity contribution in [2.45, 2.75) is 31.2 Å². The molecule has 0 amide bonds. The van der Waals surface area contributed by atoms with Crippen LogP contribution in [0.25, 0.3) is 0 Å². The van der Waals surface area contributed by atoms with Gasteiger partial charge in [0.05, 0.1) is 5.92 Å². The van der Waals surface area contributed by atoms with E-state index < -0.39 is 5.97 Å². The maximum absolute atomic E-state index is 11.0. The van der Waals surface area contributed by atoms with E-state index in [9.17, 15) is 4.79 Å². The number of carboxylic acids is 1. The fourth-order valence-electron chi connectivity index (χ4n) is 3.08. The van der Waals surface area contributed by atoms with Crippen molar-refractivity contribution >= 4 is 11.7 Å². The molecule has 0 bridgehead atoms. The summed E-state index contributed by atoms with van der Waals surface area (Å²) in [6.45, 7) is 2.28. The molecule has 2 fully saturated rings. The molecule has 0 radical (unpaired) electrons. The fourth-order valence-corrected chi connectivity index (χ4v) is 3.08. The quantitative estimate of drug-likeness (QED) is 0.885. The number of hydrogen-bond donors (Lipinski definition) is 2. The van der Waals surface area contributed by atoms with E-state index >= 15 is 0 Å². The first-order chi connectivity index (χ1) is 9.63. The molecule has 1 aliphatic carbocycles. The molecule has 4 heteroatoms. The van der Waals surface area contributed by atoms with Gasteiger partial charge in [-0.3, -0.25) is 4.79 Å². The van der Waals surface area contributed by atoms with Crippen LogP contribution >= 0.6 is 0 Å². The number of piperidine rings is 1. The third-order valence-corrected chi connectivity index (χ3v) is 4.51. The second kappa shape index (κ2) is 5.44. The first kappa shape index (κ1) is 13.4. The SMILES string of the molecule is CN1CCC(Nc2cccc(C3CC3C(=O)O)c2)CC1. The van der Waals surface area contributed by atoms with Crippen molar-refractivity contribution in [1.82, 2.24) is 4.90 Å². The third-order valence-electron chi connectivity index (χ3n) is 4.51. The van der Waals surface area contributed by atoms with Crippen LogP contribution in [0.15, 0.2) is 24.3 Å². The molecule has 1 heterocycles. The van der Waals surface area contributed by atoms with Gasteiger partial charge < -0.3 is 15.3 Å². The van der Waals surface area contributed by atoms with E-state index in [1.165, 1.54) is 12.8 Å². The van der Waals surface area contributed by atoms with E-state index in [0.29, 0.717) is 6.04 Å². The Balaban J connectivity index is 1.62. The summed E-state index contributed by atoms with van der Waals surface area (Å²) in [5.74, 6) is -0.621. The van der Waals surface area contributed by atoms with Gasteiger partial charge in [-0.15, -0.1) is 0 Å². The lowest BCUT2D eigenvalue weighted by Crippen LogP contribution is -2.36. The van der Waals surface area contributed by atoms with Crippen LogP contribution in [0.1, 0.15) is 30.7 Å². The molecule has 20 heavy (non-hydrogen) atoms. The van der Waals surface area contributed by atoms with Gasteiger partial charge >= 0.3 is 5.97 Å². The highest BCUT2D eigenvalue weighted by atomic mass is 16.4. The van der Waals surface area contributed by atoms with Gasteiger partial charge in [0, 0.05) is 11.7 Å².